The van der Waals surface area contributed by atoms with Crippen LogP contribution in [0.2, 0.25) is 10.2 Å². The van der Waals surface area contributed by atoms with E-state index in [-0.39, 0.29) is 32.9 Å². The number of hydrogen-bond acceptors (Lipinski definition) is 4. The van der Waals surface area contributed by atoms with Crippen LogP contribution in [0.15, 0.2) is 24.5 Å². The van der Waals surface area contributed by atoms with Crippen LogP contribution in [0, 0.1) is 5.82 Å². The molecule has 0 aliphatic rings. The highest BCUT2D eigenvalue weighted by Gasteiger charge is 2.37. The summed E-state index contributed by atoms with van der Waals surface area (Å²) >= 11 is 12.1. The molecule has 132 valence electrons. The quantitative estimate of drug-likeness (QED) is 0.521. The normalized spacial score (nSPS) is 13.2. The lowest BCUT2D eigenvalue weighted by Gasteiger charge is -2.21. The topological polar surface area (TPSA) is 55.1 Å². The molecule has 0 aliphatic heterocycles. The van der Waals surface area contributed by atoms with Gasteiger partial charge in [0.05, 0.1) is 10.6 Å². The van der Waals surface area contributed by atoms with E-state index in [2.05, 4.69) is 20.4 Å². The molecular formula is C14H9Cl2F4N5. The van der Waals surface area contributed by atoms with Gasteiger partial charge >= 0.3 is 6.18 Å². The number of rotatable bonds is 3. The summed E-state index contributed by atoms with van der Waals surface area (Å²) in [5.41, 5.74) is -0.324. The predicted molar refractivity (Wildman–Crippen MR) is 85.3 cm³/mol. The predicted octanol–water partition coefficient (Wildman–Crippen LogP) is 4.60. The van der Waals surface area contributed by atoms with Gasteiger partial charge in [0.15, 0.2) is 0 Å². The molecule has 0 saturated carbocycles. The largest absolute Gasteiger partial charge is 0.408 e. The zero-order valence-corrected chi connectivity index (χ0v) is 14.0. The fourth-order valence-electron chi connectivity index (χ4n) is 2.20. The summed E-state index contributed by atoms with van der Waals surface area (Å²) in [5.74, 6) is -1.03. The molecule has 3 aromatic rings. The molecule has 2 aromatic heterocycles. The zero-order chi connectivity index (χ0) is 18.4. The second kappa shape index (κ2) is 6.30. The number of benzene rings is 1. The number of hydrogen-bond donors (Lipinski definition) is 1. The number of nitrogens with zero attached hydrogens (tertiary/aromatic N) is 4. The van der Waals surface area contributed by atoms with Gasteiger partial charge in [-0.1, -0.05) is 29.3 Å². The maximum Gasteiger partial charge on any atom is 0.408 e. The standard InChI is InChI=1S/C14H9Cl2F4N5/c1-6(14(18,19)20)23-12-10(9-7(15)3-2-4-8(9)17)11(16)24-13-21-5-22-25(12)13/h2-6,23H,1H3. The molecule has 25 heavy (non-hydrogen) atoms. The number of nitrogens with one attached hydrogen (secondary N) is 1. The molecule has 2 heterocycles. The third-order valence-corrected chi connectivity index (χ3v) is 4.03. The maximum absolute atomic E-state index is 14.3. The molecule has 0 saturated heterocycles. The fraction of sp³-hybridized carbons (Fsp3) is 0.214. The molecule has 1 N–H and O–H groups in total. The molecule has 1 atom stereocenters. The van der Waals surface area contributed by atoms with Gasteiger partial charge in [0, 0.05) is 5.56 Å². The minimum absolute atomic E-state index is 0.0362. The van der Waals surface area contributed by atoms with E-state index >= 15 is 0 Å². The Morgan fingerprint density at radius 3 is 2.56 bits per heavy atom. The Balaban J connectivity index is 2.31. The van der Waals surface area contributed by atoms with Crippen molar-refractivity contribution in [2.24, 2.45) is 0 Å². The monoisotopic (exact) mass is 393 g/mol. The van der Waals surface area contributed by atoms with Gasteiger partial charge in [-0.25, -0.2) is 4.39 Å². The summed E-state index contributed by atoms with van der Waals surface area (Å²) in [7, 11) is 0. The maximum atomic E-state index is 14.3. The van der Waals surface area contributed by atoms with Crippen molar-refractivity contribution < 1.29 is 17.6 Å². The van der Waals surface area contributed by atoms with Crippen LogP contribution in [0.3, 0.4) is 0 Å². The van der Waals surface area contributed by atoms with Crippen LogP contribution in [0.25, 0.3) is 16.9 Å². The Morgan fingerprint density at radius 2 is 1.92 bits per heavy atom. The highest BCUT2D eigenvalue weighted by atomic mass is 35.5. The molecule has 3 rings (SSSR count). The van der Waals surface area contributed by atoms with Crippen LogP contribution < -0.4 is 5.32 Å². The molecule has 0 aliphatic carbocycles. The Bertz CT molecular complexity index is 921. The van der Waals surface area contributed by atoms with Crippen LogP contribution >= 0.6 is 23.2 Å². The van der Waals surface area contributed by atoms with E-state index in [0.717, 1.165) is 23.8 Å². The summed E-state index contributed by atoms with van der Waals surface area (Å²) < 4.78 is 54.3. The summed E-state index contributed by atoms with van der Waals surface area (Å²) in [6, 6.07) is 1.89. The molecule has 0 spiro atoms. The van der Waals surface area contributed by atoms with Crippen molar-refractivity contribution in [1.82, 2.24) is 19.6 Å². The summed E-state index contributed by atoms with van der Waals surface area (Å²) in [6.07, 6.45) is -3.46. The molecule has 0 bridgehead atoms. The molecular weight excluding hydrogens is 385 g/mol. The van der Waals surface area contributed by atoms with Gasteiger partial charge in [-0.05, 0) is 19.1 Å². The van der Waals surface area contributed by atoms with Gasteiger partial charge in [-0.15, -0.1) is 0 Å². The number of aromatic nitrogens is 4. The van der Waals surface area contributed by atoms with Gasteiger partial charge in [0.1, 0.15) is 29.2 Å². The smallest absolute Gasteiger partial charge is 0.358 e. The molecule has 0 fully saturated rings. The van der Waals surface area contributed by atoms with Crippen molar-refractivity contribution in [1.29, 1.82) is 0 Å². The third-order valence-electron chi connectivity index (χ3n) is 3.44. The van der Waals surface area contributed by atoms with E-state index in [9.17, 15) is 17.6 Å². The lowest BCUT2D eigenvalue weighted by atomic mass is 10.1. The Kier molecular flexibility index (Phi) is 4.46. The highest BCUT2D eigenvalue weighted by molar-refractivity contribution is 6.36. The van der Waals surface area contributed by atoms with Crippen molar-refractivity contribution in [2.45, 2.75) is 19.1 Å². The number of anilines is 1. The summed E-state index contributed by atoms with van der Waals surface area (Å²) in [4.78, 5) is 7.73. The van der Waals surface area contributed by atoms with E-state index in [1.165, 1.54) is 12.1 Å². The SMILES string of the molecule is CC(Nc1c(-c2c(F)cccc2Cl)c(Cl)nc2ncnn12)C(F)(F)F. The van der Waals surface area contributed by atoms with Crippen molar-refractivity contribution in [3.8, 4) is 11.1 Å². The number of fused-ring (bicyclic) bond motifs is 1. The summed E-state index contributed by atoms with van der Waals surface area (Å²) in [5, 5.41) is 5.79. The highest BCUT2D eigenvalue weighted by Crippen LogP contribution is 2.40. The van der Waals surface area contributed by atoms with Crippen LogP contribution in [-0.2, 0) is 0 Å². The van der Waals surface area contributed by atoms with E-state index < -0.39 is 18.0 Å². The van der Waals surface area contributed by atoms with E-state index in [4.69, 9.17) is 23.2 Å². The Labute approximate surface area is 148 Å². The molecule has 11 heteroatoms. The first-order valence-corrected chi connectivity index (χ1v) is 7.62. The lowest BCUT2D eigenvalue weighted by molar-refractivity contribution is -0.138. The van der Waals surface area contributed by atoms with Crippen LogP contribution in [-0.4, -0.2) is 31.8 Å². The molecule has 0 radical (unpaired) electrons. The lowest BCUT2D eigenvalue weighted by Crippen LogP contribution is -2.34. The van der Waals surface area contributed by atoms with Crippen LogP contribution in [0.4, 0.5) is 23.4 Å². The number of alkyl halides is 3. The van der Waals surface area contributed by atoms with Gasteiger partial charge < -0.3 is 5.32 Å². The van der Waals surface area contributed by atoms with Crippen molar-refractivity contribution in [2.75, 3.05) is 5.32 Å². The van der Waals surface area contributed by atoms with E-state index in [0.29, 0.717) is 0 Å². The van der Waals surface area contributed by atoms with Gasteiger partial charge in [-0.2, -0.15) is 32.8 Å². The second-order valence-electron chi connectivity index (χ2n) is 5.10. The van der Waals surface area contributed by atoms with Crippen LogP contribution in [0.1, 0.15) is 6.92 Å². The Hall–Kier alpha value is -2.13. The Morgan fingerprint density at radius 1 is 1.20 bits per heavy atom. The number of halogens is 6. The van der Waals surface area contributed by atoms with Gasteiger partial charge in [-0.3, -0.25) is 0 Å². The average Bonchev–Trinajstić information content (AvgIpc) is 2.96. The first-order valence-electron chi connectivity index (χ1n) is 6.87. The average molecular weight is 394 g/mol. The minimum atomic E-state index is -4.56. The fourth-order valence-corrected chi connectivity index (χ4v) is 2.71. The van der Waals surface area contributed by atoms with Gasteiger partial charge in [0.25, 0.3) is 5.78 Å². The third kappa shape index (κ3) is 3.21. The van der Waals surface area contributed by atoms with Crippen LogP contribution in [0.5, 0.6) is 0 Å². The molecule has 5 nitrogen and oxygen atoms in total. The van der Waals surface area contributed by atoms with E-state index in [1.807, 2.05) is 0 Å². The first kappa shape index (κ1) is 17.7. The molecule has 0 amide bonds. The molecule has 1 unspecified atom stereocenters. The van der Waals surface area contributed by atoms with Crippen molar-refractivity contribution in [3.05, 3.63) is 40.5 Å². The molecule has 1 aromatic carbocycles. The minimum Gasteiger partial charge on any atom is -0.358 e. The first-order chi connectivity index (χ1) is 11.7. The van der Waals surface area contributed by atoms with E-state index in [1.54, 1.807) is 0 Å². The van der Waals surface area contributed by atoms with Crippen molar-refractivity contribution in [3.63, 3.8) is 0 Å². The summed E-state index contributed by atoms with van der Waals surface area (Å²) in [6.45, 7) is 0.907. The second-order valence-corrected chi connectivity index (χ2v) is 5.87. The zero-order valence-electron chi connectivity index (χ0n) is 12.4. The van der Waals surface area contributed by atoms with Gasteiger partial charge in [0.2, 0.25) is 0 Å². The van der Waals surface area contributed by atoms with Crippen molar-refractivity contribution >= 4 is 34.8 Å².